The van der Waals surface area contributed by atoms with Crippen LogP contribution in [-0.4, -0.2) is 34.8 Å². The summed E-state index contributed by atoms with van der Waals surface area (Å²) in [6, 6.07) is 9.14. The highest BCUT2D eigenvalue weighted by molar-refractivity contribution is 5.92. The second kappa shape index (κ2) is 8.83. The van der Waals surface area contributed by atoms with E-state index in [1.165, 1.54) is 24.0 Å². The molecule has 4 atom stereocenters. The molecule has 3 fully saturated rings. The maximum absolute atomic E-state index is 14.0. The van der Waals surface area contributed by atoms with E-state index in [1.54, 1.807) is 0 Å². The number of amides is 2. The van der Waals surface area contributed by atoms with Crippen molar-refractivity contribution in [2.24, 2.45) is 23.7 Å². The van der Waals surface area contributed by atoms with E-state index >= 15 is 0 Å². The highest BCUT2D eigenvalue weighted by Crippen LogP contribution is 2.48. The molecule has 5 rings (SSSR count). The fourth-order valence-corrected chi connectivity index (χ4v) is 7.37. The van der Waals surface area contributed by atoms with Gasteiger partial charge in [0.25, 0.3) is 0 Å². The van der Waals surface area contributed by atoms with Crippen LogP contribution in [0.3, 0.4) is 0 Å². The van der Waals surface area contributed by atoms with Crippen molar-refractivity contribution >= 4 is 11.8 Å². The van der Waals surface area contributed by atoms with Gasteiger partial charge in [0.05, 0.1) is 0 Å². The van der Waals surface area contributed by atoms with Crippen LogP contribution in [0.2, 0.25) is 0 Å². The topological polar surface area (TPSA) is 49.4 Å². The van der Waals surface area contributed by atoms with E-state index in [-0.39, 0.29) is 11.8 Å². The summed E-state index contributed by atoms with van der Waals surface area (Å²) in [7, 11) is 0. The van der Waals surface area contributed by atoms with Gasteiger partial charge in [0, 0.05) is 19.0 Å². The Morgan fingerprint density at radius 2 is 1.75 bits per heavy atom. The Hall–Kier alpha value is -1.84. The summed E-state index contributed by atoms with van der Waals surface area (Å²) in [6.45, 7) is 5.24. The normalized spacial score (nSPS) is 32.8. The molecular formula is C28H40N2O2. The first-order valence-electron chi connectivity index (χ1n) is 13.1. The number of benzene rings is 1. The maximum atomic E-state index is 14.0. The third-order valence-electron chi connectivity index (χ3n) is 8.92. The van der Waals surface area contributed by atoms with E-state index in [2.05, 4.69) is 48.3 Å². The first kappa shape index (κ1) is 22.0. The molecule has 1 N–H and O–H groups in total. The molecule has 1 heterocycles. The molecule has 0 unspecified atom stereocenters. The Labute approximate surface area is 193 Å². The Kier molecular flexibility index (Phi) is 6.07. The van der Waals surface area contributed by atoms with Gasteiger partial charge in [-0.25, -0.2) is 0 Å². The molecule has 1 aliphatic heterocycles. The van der Waals surface area contributed by atoms with Crippen molar-refractivity contribution in [3.8, 4) is 0 Å². The molecule has 0 radical (unpaired) electrons. The number of hydrogen-bond donors (Lipinski definition) is 1. The molecule has 4 aliphatic rings. The minimum absolute atomic E-state index is 0.153. The maximum Gasteiger partial charge on any atom is 0.246 e. The Balaban J connectivity index is 1.42. The van der Waals surface area contributed by atoms with Gasteiger partial charge in [-0.3, -0.25) is 9.59 Å². The lowest BCUT2D eigenvalue weighted by atomic mass is 9.62. The number of likely N-dealkylation sites (tertiary alicyclic amines) is 1. The highest BCUT2D eigenvalue weighted by atomic mass is 16.2. The Morgan fingerprint density at radius 3 is 2.44 bits per heavy atom. The lowest BCUT2D eigenvalue weighted by molar-refractivity contribution is -0.150. The van der Waals surface area contributed by atoms with Crippen LogP contribution in [0.4, 0.5) is 0 Å². The second-order valence-corrected chi connectivity index (χ2v) is 11.6. The average molecular weight is 437 g/mol. The lowest BCUT2D eigenvalue weighted by Gasteiger charge is -2.50. The molecule has 32 heavy (non-hydrogen) atoms. The van der Waals surface area contributed by atoms with Crippen molar-refractivity contribution in [1.29, 1.82) is 0 Å². The third-order valence-corrected chi connectivity index (χ3v) is 8.92. The number of hydrogen-bond acceptors (Lipinski definition) is 2. The summed E-state index contributed by atoms with van der Waals surface area (Å²) in [5.41, 5.74) is 2.30. The number of carbonyl (C=O) groups is 2. The molecule has 2 saturated carbocycles. The van der Waals surface area contributed by atoms with Crippen LogP contribution in [0.1, 0.15) is 82.8 Å². The van der Waals surface area contributed by atoms with E-state index in [0.29, 0.717) is 36.1 Å². The van der Waals surface area contributed by atoms with E-state index in [1.807, 2.05) is 0 Å². The van der Waals surface area contributed by atoms with Crippen molar-refractivity contribution in [2.75, 3.05) is 6.54 Å². The summed E-state index contributed by atoms with van der Waals surface area (Å²) in [5.74, 6) is 2.48. The average Bonchev–Trinajstić information content (AvgIpc) is 3.41. The summed E-state index contributed by atoms with van der Waals surface area (Å²) in [6.07, 6.45) is 11.2. The predicted octanol–water partition coefficient (Wildman–Crippen LogP) is 4.89. The zero-order chi connectivity index (χ0) is 22.3. The zero-order valence-electron chi connectivity index (χ0n) is 19.9. The quantitative estimate of drug-likeness (QED) is 0.714. The van der Waals surface area contributed by atoms with E-state index in [0.717, 1.165) is 57.9 Å². The van der Waals surface area contributed by atoms with E-state index in [4.69, 9.17) is 0 Å². The first-order valence-corrected chi connectivity index (χ1v) is 13.1. The van der Waals surface area contributed by atoms with Crippen LogP contribution >= 0.6 is 0 Å². The standard InChI is InChI=1S/C28H40N2O2/c1-19(2)13-20-14-26(31)30(18-20)28(27(32)29-25-9-5-6-10-25)12-11-23-15-21-7-3-4-8-22(21)16-24(23)17-28/h3-4,7-8,19-20,23-25H,5-6,9-18H2,1-2H3,(H,29,32)/t20-,23-,24-,28-/m1/s1. The summed E-state index contributed by atoms with van der Waals surface area (Å²) in [5, 5.41) is 3.42. The minimum Gasteiger partial charge on any atom is -0.351 e. The summed E-state index contributed by atoms with van der Waals surface area (Å²) in [4.78, 5) is 29.3. The van der Waals surface area contributed by atoms with Crippen molar-refractivity contribution < 1.29 is 9.59 Å². The van der Waals surface area contributed by atoms with E-state index < -0.39 is 5.54 Å². The molecule has 4 heteroatoms. The van der Waals surface area contributed by atoms with Crippen molar-refractivity contribution in [2.45, 2.75) is 96.1 Å². The molecule has 4 nitrogen and oxygen atoms in total. The molecule has 0 bridgehead atoms. The lowest BCUT2D eigenvalue weighted by Crippen LogP contribution is -2.63. The van der Waals surface area contributed by atoms with Crippen LogP contribution in [0.15, 0.2) is 24.3 Å². The highest BCUT2D eigenvalue weighted by Gasteiger charge is 2.54. The van der Waals surface area contributed by atoms with Gasteiger partial charge in [0.15, 0.2) is 0 Å². The number of nitrogens with zero attached hydrogens (tertiary/aromatic N) is 1. The van der Waals surface area contributed by atoms with Gasteiger partial charge in [-0.1, -0.05) is 51.0 Å². The molecule has 1 saturated heterocycles. The third kappa shape index (κ3) is 4.10. The van der Waals surface area contributed by atoms with Crippen molar-refractivity contribution in [1.82, 2.24) is 10.2 Å². The van der Waals surface area contributed by atoms with Gasteiger partial charge in [-0.05, 0) is 86.2 Å². The van der Waals surface area contributed by atoms with Gasteiger partial charge in [-0.2, -0.15) is 0 Å². The molecule has 1 aromatic carbocycles. The molecular weight excluding hydrogens is 396 g/mol. The zero-order valence-corrected chi connectivity index (χ0v) is 19.9. The van der Waals surface area contributed by atoms with Crippen molar-refractivity contribution in [3.63, 3.8) is 0 Å². The molecule has 0 aromatic heterocycles. The first-order chi connectivity index (χ1) is 15.4. The second-order valence-electron chi connectivity index (χ2n) is 11.6. The molecule has 174 valence electrons. The van der Waals surface area contributed by atoms with Gasteiger partial charge < -0.3 is 10.2 Å². The van der Waals surface area contributed by atoms with Crippen LogP contribution in [0.25, 0.3) is 0 Å². The smallest absolute Gasteiger partial charge is 0.246 e. The molecule has 3 aliphatic carbocycles. The fourth-order valence-electron chi connectivity index (χ4n) is 7.37. The fraction of sp³-hybridized carbons (Fsp3) is 0.714. The molecule has 2 amide bonds. The summed E-state index contributed by atoms with van der Waals surface area (Å²) >= 11 is 0. The molecule has 0 spiro atoms. The Bertz CT molecular complexity index is 859. The van der Waals surface area contributed by atoms with E-state index in [9.17, 15) is 9.59 Å². The van der Waals surface area contributed by atoms with Gasteiger partial charge in [0.2, 0.25) is 11.8 Å². The van der Waals surface area contributed by atoms with Gasteiger partial charge >= 0.3 is 0 Å². The van der Waals surface area contributed by atoms with Crippen LogP contribution in [0, 0.1) is 23.7 Å². The SMILES string of the molecule is CC(C)C[C@@H]1CC(=O)N([C@]2(C(=O)NC3CCCC3)CC[C@@H]3Cc4ccccc4C[C@@H]3C2)C1. The monoisotopic (exact) mass is 436 g/mol. The molecule has 1 aromatic rings. The van der Waals surface area contributed by atoms with Crippen molar-refractivity contribution in [3.05, 3.63) is 35.4 Å². The van der Waals surface area contributed by atoms with Crippen LogP contribution in [-0.2, 0) is 22.4 Å². The number of carbonyl (C=O) groups excluding carboxylic acids is 2. The minimum atomic E-state index is -0.640. The Morgan fingerprint density at radius 1 is 1.06 bits per heavy atom. The number of rotatable bonds is 5. The van der Waals surface area contributed by atoms with Crippen LogP contribution < -0.4 is 5.32 Å². The number of fused-ring (bicyclic) bond motifs is 2. The van der Waals surface area contributed by atoms with Gasteiger partial charge in [0.1, 0.15) is 5.54 Å². The van der Waals surface area contributed by atoms with Gasteiger partial charge in [-0.15, -0.1) is 0 Å². The number of nitrogens with one attached hydrogen (secondary N) is 1. The summed E-state index contributed by atoms with van der Waals surface area (Å²) < 4.78 is 0. The predicted molar refractivity (Wildman–Crippen MR) is 127 cm³/mol. The van der Waals surface area contributed by atoms with Crippen LogP contribution in [0.5, 0.6) is 0 Å². The largest absolute Gasteiger partial charge is 0.351 e.